The third-order valence-electron chi connectivity index (χ3n) is 5.59. The zero-order valence-corrected chi connectivity index (χ0v) is 16.0. The van der Waals surface area contributed by atoms with Crippen molar-refractivity contribution in [2.24, 2.45) is 0 Å². The fraction of sp³-hybridized carbons (Fsp3) is 0.227. The molecule has 0 spiro atoms. The quantitative estimate of drug-likeness (QED) is 0.554. The predicted octanol–water partition coefficient (Wildman–Crippen LogP) is 3.37. The van der Waals surface area contributed by atoms with Crippen molar-refractivity contribution in [3.8, 4) is 16.9 Å². The van der Waals surface area contributed by atoms with E-state index in [-0.39, 0.29) is 5.69 Å². The molecule has 1 fully saturated rings. The average Bonchev–Trinajstić information content (AvgIpc) is 2.93. The molecule has 6 nitrogen and oxygen atoms in total. The average molecular weight is 371 g/mol. The van der Waals surface area contributed by atoms with Crippen LogP contribution >= 0.6 is 0 Å². The van der Waals surface area contributed by atoms with Crippen LogP contribution in [0.25, 0.3) is 22.5 Å². The number of fused-ring (bicyclic) bond motifs is 1. The molecule has 0 atom stereocenters. The van der Waals surface area contributed by atoms with E-state index in [1.807, 2.05) is 19.1 Å². The minimum absolute atomic E-state index is 0.207. The fourth-order valence-corrected chi connectivity index (χ4v) is 4.01. The van der Waals surface area contributed by atoms with Crippen LogP contribution < -0.4 is 10.6 Å². The summed E-state index contributed by atoms with van der Waals surface area (Å²) in [5.41, 5.74) is 6.08. The molecule has 1 aliphatic heterocycles. The predicted molar refractivity (Wildman–Crippen MR) is 110 cm³/mol. The number of anilines is 1. The minimum atomic E-state index is -0.207. The second-order valence-corrected chi connectivity index (χ2v) is 7.22. The molecular weight excluding hydrogens is 350 g/mol. The molecule has 3 aromatic heterocycles. The van der Waals surface area contributed by atoms with E-state index in [9.17, 15) is 4.79 Å². The maximum absolute atomic E-state index is 13.2. The van der Waals surface area contributed by atoms with Gasteiger partial charge in [-0.05, 0) is 55.7 Å². The summed E-state index contributed by atoms with van der Waals surface area (Å²) >= 11 is 0. The smallest absolute Gasteiger partial charge is 0.355 e. The van der Waals surface area contributed by atoms with Crippen LogP contribution in [-0.2, 0) is 0 Å². The van der Waals surface area contributed by atoms with Gasteiger partial charge >= 0.3 is 5.69 Å². The highest BCUT2D eigenvalue weighted by Gasteiger charge is 2.20. The van der Waals surface area contributed by atoms with Gasteiger partial charge in [0.2, 0.25) is 0 Å². The number of rotatable bonds is 3. The van der Waals surface area contributed by atoms with Gasteiger partial charge in [-0.1, -0.05) is 18.2 Å². The van der Waals surface area contributed by atoms with Crippen molar-refractivity contribution in [1.82, 2.24) is 19.2 Å². The molecule has 6 heteroatoms. The molecule has 0 unspecified atom stereocenters. The largest absolute Gasteiger partial charge is 0.371 e. The molecule has 28 heavy (non-hydrogen) atoms. The lowest BCUT2D eigenvalue weighted by atomic mass is 10.0. The molecule has 1 saturated heterocycles. The molecule has 0 N–H and O–H groups in total. The van der Waals surface area contributed by atoms with Crippen molar-refractivity contribution >= 4 is 11.2 Å². The first-order chi connectivity index (χ1) is 13.6. The third kappa shape index (κ3) is 2.45. The Morgan fingerprint density at radius 1 is 1.04 bits per heavy atom. The van der Waals surface area contributed by atoms with Gasteiger partial charge in [0, 0.05) is 36.2 Å². The van der Waals surface area contributed by atoms with Crippen LogP contribution in [0.5, 0.6) is 0 Å². The summed E-state index contributed by atoms with van der Waals surface area (Å²) in [5, 5.41) is 4.37. The molecule has 1 aromatic carbocycles. The van der Waals surface area contributed by atoms with Crippen molar-refractivity contribution in [2.75, 3.05) is 18.0 Å². The highest BCUT2D eigenvalue weighted by molar-refractivity contribution is 5.80. The van der Waals surface area contributed by atoms with Gasteiger partial charge in [-0.2, -0.15) is 9.78 Å². The van der Waals surface area contributed by atoms with Crippen LogP contribution in [0, 0.1) is 13.8 Å². The zero-order chi connectivity index (χ0) is 19.3. The van der Waals surface area contributed by atoms with E-state index < -0.39 is 0 Å². The van der Waals surface area contributed by atoms with E-state index in [0.717, 1.165) is 41.0 Å². The van der Waals surface area contributed by atoms with Crippen molar-refractivity contribution in [1.29, 1.82) is 0 Å². The lowest BCUT2D eigenvalue weighted by Gasteiger charge is -2.33. The zero-order valence-electron chi connectivity index (χ0n) is 16.0. The first-order valence-corrected chi connectivity index (χ1v) is 9.52. The van der Waals surface area contributed by atoms with Gasteiger partial charge in [0.1, 0.15) is 0 Å². The van der Waals surface area contributed by atoms with Gasteiger partial charge < -0.3 is 4.90 Å². The summed E-state index contributed by atoms with van der Waals surface area (Å²) < 4.78 is 3.09. The van der Waals surface area contributed by atoms with Crippen LogP contribution in [0.2, 0.25) is 0 Å². The Labute approximate surface area is 162 Å². The summed E-state index contributed by atoms with van der Waals surface area (Å²) in [4.78, 5) is 19.8. The Bertz CT molecular complexity index is 1240. The Kier molecular flexibility index (Phi) is 3.79. The van der Waals surface area contributed by atoms with Crippen molar-refractivity contribution in [2.45, 2.75) is 20.3 Å². The molecule has 0 radical (unpaired) electrons. The Morgan fingerprint density at radius 2 is 1.89 bits per heavy atom. The highest BCUT2D eigenvalue weighted by atomic mass is 16.2. The number of pyridine rings is 1. The molecule has 0 aliphatic carbocycles. The van der Waals surface area contributed by atoms with Gasteiger partial charge in [-0.25, -0.2) is 9.78 Å². The van der Waals surface area contributed by atoms with E-state index in [0.29, 0.717) is 5.82 Å². The van der Waals surface area contributed by atoms with Gasteiger partial charge in [-0.3, -0.25) is 4.40 Å². The molecule has 4 heterocycles. The number of nitrogens with zero attached hydrogens (tertiary/aromatic N) is 5. The van der Waals surface area contributed by atoms with Crippen LogP contribution in [0.15, 0.2) is 59.7 Å². The van der Waals surface area contributed by atoms with Crippen molar-refractivity contribution in [3.63, 3.8) is 0 Å². The molecule has 5 rings (SSSR count). The van der Waals surface area contributed by atoms with Crippen LogP contribution in [0.4, 0.5) is 5.69 Å². The van der Waals surface area contributed by atoms with E-state index in [2.05, 4.69) is 46.2 Å². The normalized spacial score (nSPS) is 13.7. The monoisotopic (exact) mass is 371 g/mol. The minimum Gasteiger partial charge on any atom is -0.371 e. The third-order valence-corrected chi connectivity index (χ3v) is 5.59. The fourth-order valence-electron chi connectivity index (χ4n) is 4.01. The van der Waals surface area contributed by atoms with Crippen molar-refractivity contribution in [3.05, 3.63) is 76.6 Å². The van der Waals surface area contributed by atoms with Gasteiger partial charge in [0.05, 0.1) is 11.7 Å². The van der Waals surface area contributed by atoms with Crippen LogP contribution in [-0.4, -0.2) is 32.3 Å². The van der Waals surface area contributed by atoms with E-state index in [1.54, 1.807) is 22.9 Å². The van der Waals surface area contributed by atoms with Gasteiger partial charge in [-0.15, -0.1) is 0 Å². The van der Waals surface area contributed by atoms with Crippen molar-refractivity contribution < 1.29 is 0 Å². The highest BCUT2D eigenvalue weighted by Crippen LogP contribution is 2.34. The number of benzene rings is 1. The first-order valence-electron chi connectivity index (χ1n) is 9.52. The summed E-state index contributed by atoms with van der Waals surface area (Å²) in [7, 11) is 0. The second-order valence-electron chi connectivity index (χ2n) is 7.22. The van der Waals surface area contributed by atoms with E-state index >= 15 is 0 Å². The standard InChI is InChI=1S/C22H21N5O/c1-15-19-14-24-27(20-9-3-4-10-23-20)22(28)26(19)16(2)21(15)17-7-5-8-18(13-17)25-11-6-12-25/h3-5,7-10,13-14H,6,11-12H2,1-2H3. The molecule has 4 aromatic rings. The maximum atomic E-state index is 13.2. The Balaban J connectivity index is 1.71. The number of hydrogen-bond donors (Lipinski definition) is 0. The summed E-state index contributed by atoms with van der Waals surface area (Å²) in [6.45, 7) is 6.27. The molecule has 0 amide bonds. The van der Waals surface area contributed by atoms with Gasteiger partial charge in [0.25, 0.3) is 0 Å². The van der Waals surface area contributed by atoms with E-state index in [4.69, 9.17) is 0 Å². The summed E-state index contributed by atoms with van der Waals surface area (Å²) in [6, 6.07) is 14.0. The second kappa shape index (κ2) is 6.34. The van der Waals surface area contributed by atoms with Crippen LogP contribution in [0.3, 0.4) is 0 Å². The maximum Gasteiger partial charge on any atom is 0.355 e. The SMILES string of the molecule is Cc1c(-c2cccc(N3CCC3)c2)c(C)n2c(=O)n(-c3ccccn3)ncc12. The molecule has 140 valence electrons. The topological polar surface area (TPSA) is 55.4 Å². The van der Waals surface area contributed by atoms with Crippen LogP contribution in [0.1, 0.15) is 17.7 Å². The number of hydrogen-bond acceptors (Lipinski definition) is 4. The lowest BCUT2D eigenvalue weighted by Crippen LogP contribution is -2.36. The van der Waals surface area contributed by atoms with E-state index in [1.165, 1.54) is 16.8 Å². The molecule has 0 bridgehead atoms. The Morgan fingerprint density at radius 3 is 2.61 bits per heavy atom. The number of aromatic nitrogens is 4. The first kappa shape index (κ1) is 16.7. The Hall–Kier alpha value is -3.41. The van der Waals surface area contributed by atoms with Gasteiger partial charge in [0.15, 0.2) is 5.82 Å². The lowest BCUT2D eigenvalue weighted by molar-refractivity contribution is 0.618. The molecule has 0 saturated carbocycles. The molecule has 1 aliphatic rings. The number of aryl methyl sites for hydroxylation is 2. The summed E-state index contributed by atoms with van der Waals surface area (Å²) in [6.07, 6.45) is 4.66. The molecular formula is C22H21N5O. The summed E-state index contributed by atoms with van der Waals surface area (Å²) in [5.74, 6) is 0.515.